The fourth-order valence-electron chi connectivity index (χ4n) is 3.13. The molecule has 1 N–H and O–H groups in total. The Bertz CT molecular complexity index is 928. The molecule has 8 heteroatoms. The van der Waals surface area contributed by atoms with E-state index in [0.29, 0.717) is 0 Å². The van der Waals surface area contributed by atoms with Crippen LogP contribution in [-0.4, -0.2) is 34.0 Å². The molecule has 0 radical (unpaired) electrons. The Hall–Kier alpha value is -2.09. The lowest BCUT2D eigenvalue weighted by Crippen LogP contribution is -2.32. The van der Waals surface area contributed by atoms with Crippen molar-refractivity contribution in [1.82, 2.24) is 4.72 Å². The molecule has 2 aromatic rings. The quantitative estimate of drug-likeness (QED) is 0.739. The van der Waals surface area contributed by atoms with E-state index in [4.69, 9.17) is 16.3 Å². The van der Waals surface area contributed by atoms with Crippen LogP contribution in [0, 0.1) is 0 Å². The number of benzene rings is 2. The fourth-order valence-corrected chi connectivity index (χ4v) is 4.76. The number of nitrogens with zero attached hydrogens (tertiary/aromatic N) is 1. The fraction of sp³-hybridized carbons (Fsp3) is 0.350. The average Bonchev–Trinajstić information content (AvgIpc) is 3.19. The molecule has 0 spiro atoms. The molecular formula is C20H23ClN2O4S. The summed E-state index contributed by atoms with van der Waals surface area (Å²) in [5.41, 5.74) is 0.752. The van der Waals surface area contributed by atoms with Crippen LogP contribution in [0.3, 0.4) is 0 Å². The molecule has 0 aromatic heterocycles. The van der Waals surface area contributed by atoms with Crippen molar-refractivity contribution in [3.8, 4) is 5.75 Å². The maximum absolute atomic E-state index is 12.5. The van der Waals surface area contributed by atoms with Gasteiger partial charge in [0.1, 0.15) is 5.75 Å². The molecular weight excluding hydrogens is 400 g/mol. The van der Waals surface area contributed by atoms with E-state index in [9.17, 15) is 13.2 Å². The van der Waals surface area contributed by atoms with Gasteiger partial charge in [0.15, 0.2) is 6.61 Å². The van der Waals surface area contributed by atoms with Crippen molar-refractivity contribution in [3.05, 3.63) is 53.6 Å². The van der Waals surface area contributed by atoms with Gasteiger partial charge in [-0.25, -0.2) is 13.1 Å². The number of anilines is 1. The summed E-state index contributed by atoms with van der Waals surface area (Å²) >= 11 is 6.19. The first-order valence-electron chi connectivity index (χ1n) is 9.13. The molecule has 1 saturated carbocycles. The minimum absolute atomic E-state index is 0.0224. The van der Waals surface area contributed by atoms with E-state index in [0.717, 1.165) is 31.4 Å². The number of para-hydroxylation sites is 1. The lowest BCUT2D eigenvalue weighted by Gasteiger charge is -2.18. The van der Waals surface area contributed by atoms with E-state index in [-0.39, 0.29) is 34.2 Å². The highest BCUT2D eigenvalue weighted by atomic mass is 35.5. The maximum Gasteiger partial charge on any atom is 0.264 e. The standard InChI is InChI=1S/C20H23ClN2O4S/c1-23(16-9-3-2-4-10-16)20(24)14-27-19-12-11-17(13-18(19)21)28(25,26)22-15-7-5-6-8-15/h2-4,9-13,15,22H,5-8,14H2,1H3. The van der Waals surface area contributed by atoms with Crippen LogP contribution in [0.2, 0.25) is 5.02 Å². The van der Waals surface area contributed by atoms with Crippen LogP contribution in [0.1, 0.15) is 25.7 Å². The third kappa shape index (κ3) is 5.04. The zero-order chi connectivity index (χ0) is 20.1. The van der Waals surface area contributed by atoms with Gasteiger partial charge in [-0.1, -0.05) is 42.6 Å². The predicted octanol–water partition coefficient (Wildman–Crippen LogP) is 3.60. The molecule has 0 atom stereocenters. The first kappa shape index (κ1) is 20.6. The number of sulfonamides is 1. The number of nitrogens with one attached hydrogen (secondary N) is 1. The van der Waals surface area contributed by atoms with Crippen molar-refractivity contribution in [1.29, 1.82) is 0 Å². The summed E-state index contributed by atoms with van der Waals surface area (Å²) < 4.78 is 33.2. The Morgan fingerprint density at radius 3 is 2.50 bits per heavy atom. The largest absolute Gasteiger partial charge is 0.482 e. The molecule has 2 aromatic carbocycles. The van der Waals surface area contributed by atoms with E-state index in [2.05, 4.69) is 4.72 Å². The van der Waals surface area contributed by atoms with Gasteiger partial charge in [-0.05, 0) is 43.2 Å². The Morgan fingerprint density at radius 2 is 1.86 bits per heavy atom. The molecule has 3 rings (SSSR count). The second-order valence-corrected chi connectivity index (χ2v) is 8.89. The lowest BCUT2D eigenvalue weighted by atomic mass is 10.3. The van der Waals surface area contributed by atoms with Gasteiger partial charge >= 0.3 is 0 Å². The summed E-state index contributed by atoms with van der Waals surface area (Å²) in [6.45, 7) is -0.211. The molecule has 1 aliphatic carbocycles. The third-order valence-corrected chi connectivity index (χ3v) is 6.57. The van der Waals surface area contributed by atoms with E-state index >= 15 is 0 Å². The first-order chi connectivity index (χ1) is 13.4. The summed E-state index contributed by atoms with van der Waals surface area (Å²) in [5, 5.41) is 0.143. The van der Waals surface area contributed by atoms with Crippen LogP contribution in [-0.2, 0) is 14.8 Å². The predicted molar refractivity (Wildman–Crippen MR) is 109 cm³/mol. The van der Waals surface area contributed by atoms with E-state index in [1.54, 1.807) is 7.05 Å². The average molecular weight is 423 g/mol. The van der Waals surface area contributed by atoms with Crippen molar-refractivity contribution in [3.63, 3.8) is 0 Å². The van der Waals surface area contributed by atoms with Gasteiger partial charge in [0.25, 0.3) is 5.91 Å². The first-order valence-corrected chi connectivity index (χ1v) is 11.0. The van der Waals surface area contributed by atoms with E-state index in [1.807, 2.05) is 30.3 Å². The molecule has 1 amide bonds. The highest BCUT2D eigenvalue weighted by Gasteiger charge is 2.23. The molecule has 1 aliphatic rings. The van der Waals surface area contributed by atoms with Crippen molar-refractivity contribution in [2.45, 2.75) is 36.6 Å². The number of ether oxygens (including phenoxy) is 1. The van der Waals surface area contributed by atoms with E-state index < -0.39 is 10.0 Å². The number of halogens is 1. The van der Waals surface area contributed by atoms with Crippen molar-refractivity contribution in [2.24, 2.45) is 0 Å². The molecule has 0 bridgehead atoms. The SMILES string of the molecule is CN(C(=O)COc1ccc(S(=O)(=O)NC2CCCC2)cc1Cl)c1ccccc1. The third-order valence-electron chi connectivity index (χ3n) is 4.76. The Kier molecular flexibility index (Phi) is 6.59. The van der Waals surface area contributed by atoms with Crippen LogP contribution in [0.4, 0.5) is 5.69 Å². The number of likely N-dealkylation sites (N-methyl/N-ethyl adjacent to an activating group) is 1. The van der Waals surface area contributed by atoms with Crippen LogP contribution >= 0.6 is 11.6 Å². The molecule has 150 valence electrons. The summed E-state index contributed by atoms with van der Waals surface area (Å²) in [7, 11) is -1.97. The topological polar surface area (TPSA) is 75.7 Å². The van der Waals surface area contributed by atoms with E-state index in [1.165, 1.54) is 23.1 Å². The highest BCUT2D eigenvalue weighted by molar-refractivity contribution is 7.89. The Morgan fingerprint density at radius 1 is 1.18 bits per heavy atom. The van der Waals surface area contributed by atoms with Gasteiger partial charge in [-0.3, -0.25) is 4.79 Å². The molecule has 6 nitrogen and oxygen atoms in total. The summed E-state index contributed by atoms with van der Waals surface area (Å²) in [6, 6.07) is 13.4. The molecule has 0 unspecified atom stereocenters. The van der Waals surface area contributed by atoms with Crippen LogP contribution in [0.15, 0.2) is 53.4 Å². The number of hydrogen-bond donors (Lipinski definition) is 1. The molecule has 0 heterocycles. The number of carbonyl (C=O) groups excluding carboxylic acids is 1. The monoisotopic (exact) mass is 422 g/mol. The molecule has 0 saturated heterocycles. The van der Waals surface area contributed by atoms with Gasteiger partial charge < -0.3 is 9.64 Å². The van der Waals surface area contributed by atoms with Crippen molar-refractivity contribution in [2.75, 3.05) is 18.6 Å². The second-order valence-electron chi connectivity index (χ2n) is 6.77. The van der Waals surface area contributed by atoms with Crippen LogP contribution in [0.5, 0.6) is 5.75 Å². The Labute approximate surface area is 170 Å². The summed E-state index contributed by atoms with van der Waals surface area (Å²) in [4.78, 5) is 13.9. The van der Waals surface area contributed by atoms with Gasteiger partial charge in [0, 0.05) is 18.8 Å². The van der Waals surface area contributed by atoms with Crippen LogP contribution in [0.25, 0.3) is 0 Å². The van der Waals surface area contributed by atoms with Gasteiger partial charge in [0.05, 0.1) is 9.92 Å². The molecule has 28 heavy (non-hydrogen) atoms. The van der Waals surface area contributed by atoms with Crippen molar-refractivity contribution < 1.29 is 17.9 Å². The number of rotatable bonds is 7. The molecule has 1 fully saturated rings. The molecule has 0 aliphatic heterocycles. The minimum atomic E-state index is -3.63. The zero-order valence-electron chi connectivity index (χ0n) is 15.6. The van der Waals surface area contributed by atoms with Crippen molar-refractivity contribution >= 4 is 33.2 Å². The summed E-state index contributed by atoms with van der Waals surface area (Å²) in [6.07, 6.45) is 3.77. The highest BCUT2D eigenvalue weighted by Crippen LogP contribution is 2.28. The number of carbonyl (C=O) groups is 1. The normalized spacial score (nSPS) is 14.8. The minimum Gasteiger partial charge on any atom is -0.482 e. The lowest BCUT2D eigenvalue weighted by molar-refractivity contribution is -0.120. The van der Waals surface area contributed by atoms with Crippen LogP contribution < -0.4 is 14.4 Å². The Balaban J connectivity index is 1.63. The van der Waals surface area contributed by atoms with Gasteiger partial charge in [-0.15, -0.1) is 0 Å². The maximum atomic E-state index is 12.5. The summed E-state index contributed by atoms with van der Waals surface area (Å²) in [5.74, 6) is 0.0122. The second kappa shape index (κ2) is 8.94. The number of hydrogen-bond acceptors (Lipinski definition) is 4. The number of amides is 1. The van der Waals surface area contributed by atoms with Gasteiger partial charge in [0.2, 0.25) is 10.0 Å². The van der Waals surface area contributed by atoms with Gasteiger partial charge in [-0.2, -0.15) is 0 Å². The zero-order valence-corrected chi connectivity index (χ0v) is 17.2. The smallest absolute Gasteiger partial charge is 0.264 e.